The zero-order valence-electron chi connectivity index (χ0n) is 15.3. The second-order valence-electron chi connectivity index (χ2n) is 8.22. The van der Waals surface area contributed by atoms with Crippen molar-refractivity contribution >= 4 is 5.95 Å². The second kappa shape index (κ2) is 7.60. The van der Waals surface area contributed by atoms with Crippen molar-refractivity contribution in [2.45, 2.75) is 31.6 Å². The van der Waals surface area contributed by atoms with Gasteiger partial charge in [-0.25, -0.2) is 0 Å². The molecule has 1 N–H and O–H groups in total. The molecule has 7 nitrogen and oxygen atoms in total. The summed E-state index contributed by atoms with van der Waals surface area (Å²) in [6.45, 7) is 7.81. The van der Waals surface area contributed by atoms with Crippen molar-refractivity contribution in [3.05, 3.63) is 5.89 Å². The van der Waals surface area contributed by atoms with Gasteiger partial charge in [0.1, 0.15) is 0 Å². The van der Waals surface area contributed by atoms with E-state index in [0.29, 0.717) is 17.8 Å². The summed E-state index contributed by atoms with van der Waals surface area (Å²) in [5.41, 5.74) is 0. The summed E-state index contributed by atoms with van der Waals surface area (Å²) in [5, 5.41) is 14.0. The first-order chi connectivity index (χ1) is 12.2. The molecular formula is C18H31N5O2. The van der Waals surface area contributed by atoms with E-state index < -0.39 is 0 Å². The lowest BCUT2D eigenvalue weighted by atomic mass is 9.89. The standard InChI is InChI=1S/C18H31N5O2/c1-21-5-2-6-22(8-7-21)10-14-9-15(13-24)12-23(11-14)18-19-17(25-20-18)16-3-4-16/h14-16,24H,2-13H2,1H3/t14-,15+/m1/s1. The molecule has 0 spiro atoms. The zero-order valence-corrected chi connectivity index (χ0v) is 15.3. The van der Waals surface area contributed by atoms with Crippen LogP contribution in [0.15, 0.2) is 4.52 Å². The average Bonchev–Trinajstić information content (AvgIpc) is 3.39. The summed E-state index contributed by atoms with van der Waals surface area (Å²) in [7, 11) is 2.21. The highest BCUT2D eigenvalue weighted by molar-refractivity contribution is 5.30. The van der Waals surface area contributed by atoms with E-state index in [2.05, 4.69) is 31.9 Å². The third kappa shape index (κ3) is 4.33. The lowest BCUT2D eigenvalue weighted by molar-refractivity contribution is 0.154. The number of aliphatic hydroxyl groups excluding tert-OH is 1. The fraction of sp³-hybridized carbons (Fsp3) is 0.889. The molecule has 4 rings (SSSR count). The molecule has 0 bridgehead atoms. The number of hydrogen-bond donors (Lipinski definition) is 1. The van der Waals surface area contributed by atoms with Crippen LogP contribution in [0.3, 0.4) is 0 Å². The van der Waals surface area contributed by atoms with Gasteiger partial charge >= 0.3 is 0 Å². The van der Waals surface area contributed by atoms with E-state index in [1.165, 1.54) is 32.4 Å². The Morgan fingerprint density at radius 1 is 1.12 bits per heavy atom. The smallest absolute Gasteiger partial charge is 0.266 e. The second-order valence-corrected chi connectivity index (χ2v) is 8.22. The molecule has 2 atom stereocenters. The summed E-state index contributed by atoms with van der Waals surface area (Å²) < 4.78 is 5.44. The van der Waals surface area contributed by atoms with Crippen LogP contribution >= 0.6 is 0 Å². The van der Waals surface area contributed by atoms with Crippen LogP contribution in [0.2, 0.25) is 0 Å². The van der Waals surface area contributed by atoms with Gasteiger partial charge in [-0.05, 0) is 62.8 Å². The van der Waals surface area contributed by atoms with Crippen molar-refractivity contribution in [2.75, 3.05) is 64.4 Å². The van der Waals surface area contributed by atoms with Gasteiger partial charge in [0, 0.05) is 45.2 Å². The number of anilines is 1. The van der Waals surface area contributed by atoms with Crippen LogP contribution in [0.1, 0.15) is 37.5 Å². The number of hydrogen-bond acceptors (Lipinski definition) is 7. The van der Waals surface area contributed by atoms with Gasteiger partial charge in [-0.3, -0.25) is 0 Å². The van der Waals surface area contributed by atoms with Gasteiger partial charge in [-0.2, -0.15) is 4.98 Å². The molecule has 3 fully saturated rings. The molecule has 0 aromatic carbocycles. The van der Waals surface area contributed by atoms with Gasteiger partial charge in [0.25, 0.3) is 5.95 Å². The van der Waals surface area contributed by atoms with Crippen molar-refractivity contribution in [1.29, 1.82) is 0 Å². The first-order valence-corrected chi connectivity index (χ1v) is 9.81. The number of nitrogens with zero attached hydrogens (tertiary/aromatic N) is 5. The Morgan fingerprint density at radius 3 is 2.76 bits per heavy atom. The minimum Gasteiger partial charge on any atom is -0.396 e. The van der Waals surface area contributed by atoms with Crippen molar-refractivity contribution in [1.82, 2.24) is 19.9 Å². The Bertz CT molecular complexity index is 561. The van der Waals surface area contributed by atoms with E-state index in [-0.39, 0.29) is 6.61 Å². The van der Waals surface area contributed by atoms with E-state index in [9.17, 15) is 5.11 Å². The highest BCUT2D eigenvalue weighted by atomic mass is 16.5. The van der Waals surface area contributed by atoms with Crippen molar-refractivity contribution in [3.8, 4) is 0 Å². The third-order valence-corrected chi connectivity index (χ3v) is 5.85. The summed E-state index contributed by atoms with van der Waals surface area (Å²) in [6.07, 6.45) is 4.68. The predicted octanol–water partition coefficient (Wildman–Crippen LogP) is 1.02. The quantitative estimate of drug-likeness (QED) is 0.851. The van der Waals surface area contributed by atoms with Gasteiger partial charge in [0.2, 0.25) is 5.89 Å². The van der Waals surface area contributed by atoms with Gasteiger partial charge in [-0.1, -0.05) is 0 Å². The lowest BCUT2D eigenvalue weighted by Gasteiger charge is -2.38. The molecule has 0 unspecified atom stereocenters. The predicted molar refractivity (Wildman–Crippen MR) is 95.7 cm³/mol. The molecule has 7 heteroatoms. The van der Waals surface area contributed by atoms with Crippen molar-refractivity contribution in [3.63, 3.8) is 0 Å². The molecule has 0 radical (unpaired) electrons. The van der Waals surface area contributed by atoms with Crippen LogP contribution in [0.5, 0.6) is 0 Å². The SMILES string of the molecule is CN1CCCN(C[C@H]2C[C@H](CO)CN(c3noc(C4CC4)n3)C2)CC1. The molecule has 1 aromatic heterocycles. The monoisotopic (exact) mass is 349 g/mol. The topological polar surface area (TPSA) is 68.9 Å². The molecule has 140 valence electrons. The van der Waals surface area contributed by atoms with E-state index in [1.807, 2.05) is 0 Å². The van der Waals surface area contributed by atoms with Crippen LogP contribution in [0.4, 0.5) is 5.95 Å². The van der Waals surface area contributed by atoms with Crippen LogP contribution < -0.4 is 4.90 Å². The molecule has 25 heavy (non-hydrogen) atoms. The third-order valence-electron chi connectivity index (χ3n) is 5.85. The Balaban J connectivity index is 1.39. The van der Waals surface area contributed by atoms with Gasteiger partial charge in [0.15, 0.2) is 0 Å². The summed E-state index contributed by atoms with van der Waals surface area (Å²) in [4.78, 5) is 11.9. The Labute approximate surface area is 150 Å². The van der Waals surface area contributed by atoms with Crippen LogP contribution in [0, 0.1) is 11.8 Å². The maximum Gasteiger partial charge on any atom is 0.266 e. The number of likely N-dealkylation sites (N-methyl/N-ethyl adjacent to an activating group) is 1. The highest BCUT2D eigenvalue weighted by Gasteiger charge is 2.33. The minimum atomic E-state index is 0.239. The fourth-order valence-corrected chi connectivity index (χ4v) is 4.25. The molecular weight excluding hydrogens is 318 g/mol. The molecule has 3 heterocycles. The van der Waals surface area contributed by atoms with E-state index in [1.54, 1.807) is 0 Å². The van der Waals surface area contributed by atoms with Crippen molar-refractivity contribution in [2.24, 2.45) is 11.8 Å². The molecule has 1 aromatic rings. The lowest BCUT2D eigenvalue weighted by Crippen LogP contribution is -2.46. The first-order valence-electron chi connectivity index (χ1n) is 9.81. The molecule has 0 amide bonds. The maximum atomic E-state index is 9.75. The van der Waals surface area contributed by atoms with Crippen LogP contribution in [-0.4, -0.2) is 84.5 Å². The van der Waals surface area contributed by atoms with E-state index >= 15 is 0 Å². The molecule has 2 aliphatic heterocycles. The average molecular weight is 349 g/mol. The molecule has 2 saturated heterocycles. The fourth-order valence-electron chi connectivity index (χ4n) is 4.25. The van der Waals surface area contributed by atoms with Crippen molar-refractivity contribution < 1.29 is 9.63 Å². The normalized spacial score (nSPS) is 29.8. The maximum absolute atomic E-state index is 9.75. The first kappa shape index (κ1) is 17.2. The highest BCUT2D eigenvalue weighted by Crippen LogP contribution is 2.39. The van der Waals surface area contributed by atoms with E-state index in [4.69, 9.17) is 4.52 Å². The van der Waals surface area contributed by atoms with Gasteiger partial charge in [-0.15, -0.1) is 0 Å². The van der Waals surface area contributed by atoms with Gasteiger partial charge < -0.3 is 24.3 Å². The Hall–Kier alpha value is -1.18. The number of aromatic nitrogens is 2. The number of piperidine rings is 1. The summed E-state index contributed by atoms with van der Waals surface area (Å²) >= 11 is 0. The Kier molecular flexibility index (Phi) is 5.24. The van der Waals surface area contributed by atoms with E-state index in [0.717, 1.165) is 51.0 Å². The zero-order chi connectivity index (χ0) is 17.2. The van der Waals surface area contributed by atoms with Crippen LogP contribution in [-0.2, 0) is 0 Å². The molecule has 1 aliphatic carbocycles. The molecule has 3 aliphatic rings. The number of aliphatic hydroxyl groups is 1. The Morgan fingerprint density at radius 2 is 1.96 bits per heavy atom. The van der Waals surface area contributed by atoms with Gasteiger partial charge in [0.05, 0.1) is 0 Å². The summed E-state index contributed by atoms with van der Waals surface area (Å²) in [6, 6.07) is 0. The summed E-state index contributed by atoms with van der Waals surface area (Å²) in [5.74, 6) is 2.87. The largest absolute Gasteiger partial charge is 0.396 e. The number of rotatable bonds is 5. The minimum absolute atomic E-state index is 0.239. The van der Waals surface area contributed by atoms with Crippen LogP contribution in [0.25, 0.3) is 0 Å². The molecule has 1 saturated carbocycles.